The maximum Gasteiger partial charge on any atom is 0.408 e. The maximum absolute atomic E-state index is 14.1. The number of carbonyl (C=O) groups is 4. The third kappa shape index (κ3) is 7.00. The van der Waals surface area contributed by atoms with Gasteiger partial charge in [-0.25, -0.2) is 4.79 Å². The Morgan fingerprint density at radius 1 is 0.933 bits per heavy atom. The van der Waals surface area contributed by atoms with Gasteiger partial charge in [0.15, 0.2) is 0 Å². The Bertz CT molecular complexity index is 1530. The van der Waals surface area contributed by atoms with E-state index in [0.29, 0.717) is 11.8 Å². The summed E-state index contributed by atoms with van der Waals surface area (Å²) in [4.78, 5) is 54.8. The Hall–Kier alpha value is -4.34. The number of carbonyl (C=O) groups excluding carboxylic acids is 4. The van der Waals surface area contributed by atoms with E-state index in [1.807, 2.05) is 60.8 Å². The van der Waals surface area contributed by atoms with E-state index in [9.17, 15) is 19.2 Å². The highest BCUT2D eigenvalue weighted by Gasteiger charge is 2.50. The van der Waals surface area contributed by atoms with Crippen molar-refractivity contribution in [1.29, 1.82) is 0 Å². The number of amides is 4. The van der Waals surface area contributed by atoms with Gasteiger partial charge in [0.1, 0.15) is 11.6 Å². The lowest BCUT2D eigenvalue weighted by Crippen LogP contribution is -2.60. The first-order valence-electron chi connectivity index (χ1n) is 16.1. The molecular formula is C35H43N5O5. The number of rotatable bonds is 12. The molecule has 4 aliphatic rings. The predicted molar refractivity (Wildman–Crippen MR) is 170 cm³/mol. The molecule has 10 nitrogen and oxygen atoms in total. The highest BCUT2D eigenvalue weighted by Crippen LogP contribution is 2.54. The van der Waals surface area contributed by atoms with E-state index in [2.05, 4.69) is 20.9 Å². The number of hydrogen-bond donors (Lipinski definition) is 5. The number of alkyl carbamates (subject to hydrolysis) is 1. The van der Waals surface area contributed by atoms with Crippen molar-refractivity contribution in [2.24, 2.45) is 29.4 Å². The van der Waals surface area contributed by atoms with Crippen LogP contribution in [0.5, 0.6) is 0 Å². The van der Waals surface area contributed by atoms with Crippen molar-refractivity contribution in [1.82, 2.24) is 20.9 Å². The van der Waals surface area contributed by atoms with Gasteiger partial charge < -0.3 is 31.4 Å². The van der Waals surface area contributed by atoms with E-state index in [0.717, 1.165) is 59.5 Å². The van der Waals surface area contributed by atoms with Crippen LogP contribution < -0.4 is 21.7 Å². The first kappa shape index (κ1) is 30.7. The summed E-state index contributed by atoms with van der Waals surface area (Å²) in [6.07, 6.45) is 7.04. The van der Waals surface area contributed by atoms with Crippen LogP contribution in [-0.4, -0.2) is 47.0 Å². The number of fused-ring (bicyclic) bond motifs is 1. The fourth-order valence-corrected chi connectivity index (χ4v) is 8.12. The Morgan fingerprint density at radius 2 is 1.60 bits per heavy atom. The van der Waals surface area contributed by atoms with E-state index in [-0.39, 0.29) is 37.8 Å². The predicted octanol–water partition coefficient (Wildman–Crippen LogP) is 4.26. The third-order valence-corrected chi connectivity index (χ3v) is 10.1. The van der Waals surface area contributed by atoms with Crippen LogP contribution in [0, 0.1) is 23.7 Å². The monoisotopic (exact) mass is 613 g/mol. The standard InChI is InChI=1S/C35H43N5O5/c1-35(18-26-19-37-28-10-6-5-9-27(26)28,40-34(44)45-32-24-14-21-13-22(16-24)17-25(32)15-21)33(43)38-20-29(23-7-3-2-4-8-23)39-31(42)12-11-30(36)41/h2-10,19,21-22,24-25,29,32,37H,11-18,20H2,1H3,(H2,36,41)(H,38,43)(H,39,42)(H,40,44)/t21?,22?,24?,25?,29-,32?,35+/m0/s1. The molecule has 238 valence electrons. The van der Waals surface area contributed by atoms with E-state index >= 15 is 0 Å². The number of ether oxygens (including phenoxy) is 1. The van der Waals surface area contributed by atoms with E-state index in [1.165, 1.54) is 6.42 Å². The molecule has 0 spiro atoms. The average molecular weight is 614 g/mol. The van der Waals surface area contributed by atoms with Gasteiger partial charge in [-0.05, 0) is 79.9 Å². The van der Waals surface area contributed by atoms with Crippen molar-refractivity contribution in [3.05, 3.63) is 71.9 Å². The molecule has 7 rings (SSSR count). The maximum atomic E-state index is 14.1. The van der Waals surface area contributed by atoms with Gasteiger partial charge in [0.2, 0.25) is 17.7 Å². The minimum absolute atomic E-state index is 0.0526. The highest BCUT2D eigenvalue weighted by atomic mass is 16.6. The molecule has 0 radical (unpaired) electrons. The Labute approximate surface area is 263 Å². The molecular weight excluding hydrogens is 570 g/mol. The first-order valence-corrected chi connectivity index (χ1v) is 16.1. The van der Waals surface area contributed by atoms with Gasteiger partial charge in [-0.1, -0.05) is 48.5 Å². The van der Waals surface area contributed by atoms with Gasteiger partial charge in [0.25, 0.3) is 0 Å². The topological polar surface area (TPSA) is 155 Å². The lowest BCUT2D eigenvalue weighted by atomic mass is 9.55. The van der Waals surface area contributed by atoms with Gasteiger partial charge in [-0.3, -0.25) is 14.4 Å². The van der Waals surface area contributed by atoms with Gasteiger partial charge in [0, 0.05) is 42.9 Å². The second-order valence-electron chi connectivity index (χ2n) is 13.5. The van der Waals surface area contributed by atoms with Crippen molar-refractivity contribution < 1.29 is 23.9 Å². The summed E-state index contributed by atoms with van der Waals surface area (Å²) in [5.74, 6) is 0.979. The molecule has 4 fully saturated rings. The second kappa shape index (κ2) is 12.9. The number of aromatic amines is 1. The molecule has 1 aromatic heterocycles. The molecule has 6 N–H and O–H groups in total. The fraction of sp³-hybridized carbons (Fsp3) is 0.486. The van der Waals surface area contributed by atoms with E-state index in [4.69, 9.17) is 10.5 Å². The Balaban J connectivity index is 1.19. The molecule has 1 heterocycles. The second-order valence-corrected chi connectivity index (χ2v) is 13.5. The molecule has 4 amide bonds. The number of para-hydroxylation sites is 1. The Morgan fingerprint density at radius 3 is 2.29 bits per heavy atom. The quantitative estimate of drug-likeness (QED) is 0.206. The largest absolute Gasteiger partial charge is 0.446 e. The smallest absolute Gasteiger partial charge is 0.408 e. The number of nitrogens with one attached hydrogen (secondary N) is 4. The zero-order valence-electron chi connectivity index (χ0n) is 25.7. The molecule has 0 aliphatic heterocycles. The third-order valence-electron chi connectivity index (χ3n) is 10.1. The lowest BCUT2D eigenvalue weighted by Gasteiger charge is -2.53. The van der Waals surface area contributed by atoms with Gasteiger partial charge in [-0.15, -0.1) is 0 Å². The van der Waals surface area contributed by atoms with Crippen LogP contribution in [0.2, 0.25) is 0 Å². The normalized spacial score (nSPS) is 25.2. The van der Waals surface area contributed by atoms with Crippen LogP contribution >= 0.6 is 0 Å². The number of aromatic nitrogens is 1. The minimum atomic E-state index is -1.36. The number of primary amides is 1. The summed E-state index contributed by atoms with van der Waals surface area (Å²) in [7, 11) is 0. The highest BCUT2D eigenvalue weighted by molar-refractivity contribution is 5.91. The number of hydrogen-bond acceptors (Lipinski definition) is 5. The molecule has 3 aromatic rings. The summed E-state index contributed by atoms with van der Waals surface area (Å²) >= 11 is 0. The van der Waals surface area contributed by atoms with Crippen LogP contribution in [0.15, 0.2) is 60.8 Å². The molecule has 4 aliphatic carbocycles. The van der Waals surface area contributed by atoms with E-state index < -0.39 is 29.5 Å². The van der Waals surface area contributed by atoms with Crippen molar-refractivity contribution in [2.45, 2.75) is 76.0 Å². The van der Waals surface area contributed by atoms with Crippen LogP contribution in [-0.2, 0) is 25.5 Å². The molecule has 45 heavy (non-hydrogen) atoms. The van der Waals surface area contributed by atoms with Crippen LogP contribution in [0.3, 0.4) is 0 Å². The summed E-state index contributed by atoms with van der Waals surface area (Å²) in [5, 5.41) is 9.83. The molecule has 2 atom stereocenters. The zero-order chi connectivity index (χ0) is 31.6. The molecule has 0 saturated heterocycles. The summed E-state index contributed by atoms with van der Waals surface area (Å²) in [6, 6.07) is 16.6. The average Bonchev–Trinajstić information content (AvgIpc) is 3.42. The molecule has 10 heteroatoms. The molecule has 4 bridgehead atoms. The molecule has 0 unspecified atom stereocenters. The zero-order valence-corrected chi connectivity index (χ0v) is 25.7. The van der Waals surface area contributed by atoms with Crippen molar-refractivity contribution in [2.75, 3.05) is 6.54 Å². The fourth-order valence-electron chi connectivity index (χ4n) is 8.12. The number of H-pyrrole nitrogens is 1. The van der Waals surface area contributed by atoms with E-state index in [1.54, 1.807) is 6.92 Å². The molecule has 4 saturated carbocycles. The van der Waals surface area contributed by atoms with Gasteiger partial charge in [0.05, 0.1) is 6.04 Å². The summed E-state index contributed by atoms with van der Waals surface area (Å²) in [6.45, 7) is 1.78. The van der Waals surface area contributed by atoms with Gasteiger partial charge in [-0.2, -0.15) is 0 Å². The van der Waals surface area contributed by atoms with Crippen molar-refractivity contribution >= 4 is 34.7 Å². The lowest BCUT2D eigenvalue weighted by molar-refractivity contribution is -0.128. The molecule has 2 aromatic carbocycles. The summed E-state index contributed by atoms with van der Waals surface area (Å²) in [5.41, 5.74) is 6.49. The minimum Gasteiger partial charge on any atom is -0.446 e. The van der Waals surface area contributed by atoms with Crippen LogP contribution in [0.1, 0.15) is 69.0 Å². The van der Waals surface area contributed by atoms with Crippen LogP contribution in [0.4, 0.5) is 4.79 Å². The summed E-state index contributed by atoms with van der Waals surface area (Å²) < 4.78 is 6.14. The van der Waals surface area contributed by atoms with Crippen LogP contribution in [0.25, 0.3) is 10.9 Å². The Kier molecular flexibility index (Phi) is 8.83. The van der Waals surface area contributed by atoms with Crippen molar-refractivity contribution in [3.8, 4) is 0 Å². The van der Waals surface area contributed by atoms with Gasteiger partial charge >= 0.3 is 6.09 Å². The number of nitrogens with two attached hydrogens (primary N) is 1. The van der Waals surface area contributed by atoms with Crippen molar-refractivity contribution in [3.63, 3.8) is 0 Å². The SMILES string of the molecule is C[C@](Cc1c[nH]c2ccccc12)(NC(=O)OC1C2CC3CC(C2)CC1C3)C(=O)NC[C@H](NC(=O)CCC(N)=O)c1ccccc1. The number of benzene rings is 2. The first-order chi connectivity index (χ1) is 21.7.